The van der Waals surface area contributed by atoms with Crippen molar-refractivity contribution in [1.29, 1.82) is 0 Å². The van der Waals surface area contributed by atoms with Gasteiger partial charge < -0.3 is 19.0 Å². The third-order valence-electron chi connectivity index (χ3n) is 3.58. The first-order valence-electron chi connectivity index (χ1n) is 6.65. The van der Waals surface area contributed by atoms with Crippen LogP contribution in [0.1, 0.15) is 0 Å². The zero-order valence-corrected chi connectivity index (χ0v) is 11.2. The molecule has 1 aromatic heterocycles. The molecule has 0 fully saturated rings. The fourth-order valence-electron chi connectivity index (χ4n) is 2.49. The lowest BCUT2D eigenvalue weighted by atomic mass is 10.1. The average molecular weight is 298 g/mol. The van der Waals surface area contributed by atoms with Crippen molar-refractivity contribution in [2.75, 3.05) is 6.61 Å². The molecule has 6 nitrogen and oxygen atoms in total. The minimum Gasteiger partial charge on any atom is -0.485 e. The monoisotopic (exact) mass is 298 g/mol. The standard InChI is InChI=1S/C16H10O6/c17-15-8-3-1-2-4-10(8)21-11-6-12-13(5-9(11)15)22-14(7-20-12)16(18)19/h1-6,14H,7H2,(H,18,19). The summed E-state index contributed by atoms with van der Waals surface area (Å²) in [6.45, 7) is -0.0916. The zero-order chi connectivity index (χ0) is 15.3. The van der Waals surface area contributed by atoms with E-state index >= 15 is 0 Å². The Balaban J connectivity index is 1.97. The average Bonchev–Trinajstić information content (AvgIpc) is 2.53. The number of carbonyl (C=O) groups is 1. The lowest BCUT2D eigenvalue weighted by molar-refractivity contribution is -0.147. The van der Waals surface area contributed by atoms with Crippen LogP contribution in [0.3, 0.4) is 0 Å². The van der Waals surface area contributed by atoms with E-state index < -0.39 is 12.1 Å². The van der Waals surface area contributed by atoms with Crippen LogP contribution in [-0.4, -0.2) is 23.8 Å². The van der Waals surface area contributed by atoms with Gasteiger partial charge in [-0.05, 0) is 18.2 Å². The predicted molar refractivity (Wildman–Crippen MR) is 77.5 cm³/mol. The van der Waals surface area contributed by atoms with Gasteiger partial charge in [-0.2, -0.15) is 0 Å². The van der Waals surface area contributed by atoms with E-state index in [2.05, 4.69) is 0 Å². The van der Waals surface area contributed by atoms with Crippen molar-refractivity contribution in [1.82, 2.24) is 0 Å². The van der Waals surface area contributed by atoms with Crippen LogP contribution in [0.4, 0.5) is 0 Å². The maximum atomic E-state index is 12.5. The number of fused-ring (bicyclic) bond motifs is 3. The molecule has 22 heavy (non-hydrogen) atoms. The Hall–Kier alpha value is -3.02. The van der Waals surface area contributed by atoms with Gasteiger partial charge in [-0.1, -0.05) is 12.1 Å². The topological polar surface area (TPSA) is 86.0 Å². The molecular formula is C16H10O6. The predicted octanol–water partition coefficient (Wildman–Crippen LogP) is 2.17. The highest BCUT2D eigenvalue weighted by atomic mass is 16.6. The number of para-hydroxylation sites is 1. The summed E-state index contributed by atoms with van der Waals surface area (Å²) in [4.78, 5) is 23.5. The molecule has 1 atom stereocenters. The van der Waals surface area contributed by atoms with Gasteiger partial charge in [-0.3, -0.25) is 4.79 Å². The van der Waals surface area contributed by atoms with Gasteiger partial charge in [0.25, 0.3) is 0 Å². The third-order valence-corrected chi connectivity index (χ3v) is 3.58. The SMILES string of the molecule is O=C(O)C1COc2cc3oc4ccccc4c(=O)c3cc2O1. The van der Waals surface area contributed by atoms with Gasteiger partial charge in [-0.15, -0.1) is 0 Å². The summed E-state index contributed by atoms with van der Waals surface area (Å²) in [6, 6.07) is 9.95. The lowest BCUT2D eigenvalue weighted by Crippen LogP contribution is -2.36. The molecule has 1 aliphatic rings. The second-order valence-corrected chi connectivity index (χ2v) is 4.98. The first-order valence-corrected chi connectivity index (χ1v) is 6.65. The van der Waals surface area contributed by atoms with Crippen molar-refractivity contribution in [3.05, 3.63) is 46.6 Å². The van der Waals surface area contributed by atoms with Gasteiger partial charge in [0, 0.05) is 6.07 Å². The summed E-state index contributed by atoms with van der Waals surface area (Å²) in [5.41, 5.74) is 0.667. The zero-order valence-electron chi connectivity index (χ0n) is 11.2. The summed E-state index contributed by atoms with van der Waals surface area (Å²) >= 11 is 0. The Kier molecular flexibility index (Phi) is 2.59. The van der Waals surface area contributed by atoms with Gasteiger partial charge in [-0.25, -0.2) is 4.79 Å². The van der Waals surface area contributed by atoms with Gasteiger partial charge in [0.15, 0.2) is 11.5 Å². The summed E-state index contributed by atoms with van der Waals surface area (Å²) in [5, 5.41) is 9.77. The molecule has 0 spiro atoms. The highest BCUT2D eigenvalue weighted by Gasteiger charge is 2.28. The first kappa shape index (κ1) is 12.7. The fraction of sp³-hybridized carbons (Fsp3) is 0.125. The maximum Gasteiger partial charge on any atom is 0.348 e. The van der Waals surface area contributed by atoms with Gasteiger partial charge in [0.2, 0.25) is 11.5 Å². The Bertz CT molecular complexity index is 971. The van der Waals surface area contributed by atoms with E-state index in [4.69, 9.17) is 19.0 Å². The second-order valence-electron chi connectivity index (χ2n) is 4.98. The molecule has 0 bridgehead atoms. The Morgan fingerprint density at radius 3 is 2.73 bits per heavy atom. The number of hydrogen-bond acceptors (Lipinski definition) is 5. The van der Waals surface area contributed by atoms with Crippen LogP contribution in [0.5, 0.6) is 11.5 Å². The van der Waals surface area contributed by atoms with Crippen LogP contribution < -0.4 is 14.9 Å². The van der Waals surface area contributed by atoms with Crippen LogP contribution >= 0.6 is 0 Å². The number of ether oxygens (including phenoxy) is 2. The molecular weight excluding hydrogens is 288 g/mol. The number of carboxylic acid groups (broad SMARTS) is 1. The molecule has 0 aliphatic carbocycles. The fourth-order valence-corrected chi connectivity index (χ4v) is 2.49. The van der Waals surface area contributed by atoms with Gasteiger partial charge in [0.1, 0.15) is 17.8 Å². The van der Waals surface area contributed by atoms with Crippen molar-refractivity contribution in [2.24, 2.45) is 0 Å². The summed E-state index contributed by atoms with van der Waals surface area (Å²) in [6.07, 6.45) is -1.09. The molecule has 2 heterocycles. The van der Waals surface area contributed by atoms with Crippen LogP contribution in [0.25, 0.3) is 21.9 Å². The van der Waals surface area contributed by atoms with Gasteiger partial charge in [0.05, 0.1) is 10.8 Å². The maximum absolute atomic E-state index is 12.5. The van der Waals surface area contributed by atoms with E-state index in [0.717, 1.165) is 0 Å². The van der Waals surface area contributed by atoms with Crippen LogP contribution in [0.15, 0.2) is 45.6 Å². The highest BCUT2D eigenvalue weighted by Crippen LogP contribution is 2.35. The number of hydrogen-bond donors (Lipinski definition) is 1. The molecule has 0 saturated carbocycles. The molecule has 3 aromatic rings. The van der Waals surface area contributed by atoms with Crippen LogP contribution in [0, 0.1) is 0 Å². The van der Waals surface area contributed by atoms with E-state index in [1.54, 1.807) is 30.3 Å². The largest absolute Gasteiger partial charge is 0.485 e. The molecule has 1 aliphatic heterocycles. The van der Waals surface area contributed by atoms with E-state index in [9.17, 15) is 9.59 Å². The smallest absolute Gasteiger partial charge is 0.348 e. The van der Waals surface area contributed by atoms with Crippen LogP contribution in [-0.2, 0) is 4.79 Å². The Morgan fingerprint density at radius 1 is 1.09 bits per heavy atom. The third kappa shape index (κ3) is 1.81. The molecule has 0 radical (unpaired) electrons. The van der Waals surface area contributed by atoms with E-state index in [1.165, 1.54) is 6.07 Å². The lowest BCUT2D eigenvalue weighted by Gasteiger charge is -2.23. The van der Waals surface area contributed by atoms with E-state index in [0.29, 0.717) is 27.7 Å². The van der Waals surface area contributed by atoms with Crippen molar-refractivity contribution in [2.45, 2.75) is 6.10 Å². The first-order chi connectivity index (χ1) is 10.6. The number of benzene rings is 2. The highest BCUT2D eigenvalue weighted by molar-refractivity contribution is 5.91. The summed E-state index contributed by atoms with van der Waals surface area (Å²) < 4.78 is 16.5. The second kappa shape index (κ2) is 4.49. The molecule has 1 unspecified atom stereocenters. The molecule has 6 heteroatoms. The van der Waals surface area contributed by atoms with E-state index in [1.807, 2.05) is 0 Å². The minimum absolute atomic E-state index is 0.0916. The molecule has 0 amide bonds. The minimum atomic E-state index is -1.11. The van der Waals surface area contributed by atoms with Crippen molar-refractivity contribution in [3.63, 3.8) is 0 Å². The molecule has 2 aromatic carbocycles. The van der Waals surface area contributed by atoms with Crippen molar-refractivity contribution in [3.8, 4) is 11.5 Å². The quantitative estimate of drug-likeness (QED) is 0.693. The summed E-state index contributed by atoms with van der Waals surface area (Å²) in [5.74, 6) is -0.520. The van der Waals surface area contributed by atoms with Crippen molar-refractivity contribution < 1.29 is 23.8 Å². The number of aliphatic carboxylic acids is 1. The molecule has 110 valence electrons. The summed E-state index contributed by atoms with van der Waals surface area (Å²) in [7, 11) is 0. The molecule has 1 N–H and O–H groups in total. The van der Waals surface area contributed by atoms with E-state index in [-0.39, 0.29) is 17.8 Å². The Morgan fingerprint density at radius 2 is 1.91 bits per heavy atom. The van der Waals surface area contributed by atoms with Gasteiger partial charge >= 0.3 is 5.97 Å². The number of rotatable bonds is 1. The number of carboxylic acids is 1. The van der Waals surface area contributed by atoms with Crippen LogP contribution in [0.2, 0.25) is 0 Å². The normalized spacial score (nSPS) is 16.8. The Labute approximate surface area is 123 Å². The molecule has 0 saturated heterocycles. The molecule has 4 rings (SSSR count). The van der Waals surface area contributed by atoms with Crippen molar-refractivity contribution >= 4 is 27.9 Å².